The minimum absolute atomic E-state index is 0.0363. The van der Waals surface area contributed by atoms with Crippen LogP contribution in [0.25, 0.3) is 32.9 Å². The maximum atomic E-state index is 16.1. The molecule has 5 rings (SSSR count). The monoisotopic (exact) mass is 458 g/mol. The normalized spacial score (nSPS) is 18.6. The van der Waals surface area contributed by atoms with E-state index in [-0.39, 0.29) is 29.3 Å². The predicted molar refractivity (Wildman–Crippen MR) is 132 cm³/mol. The smallest absolute Gasteiger partial charge is 0.246 e. The summed E-state index contributed by atoms with van der Waals surface area (Å²) in [6.07, 6.45) is 4.51. The summed E-state index contributed by atoms with van der Waals surface area (Å²) in [6, 6.07) is 5.82. The van der Waals surface area contributed by atoms with E-state index in [1.807, 2.05) is 50.8 Å². The van der Waals surface area contributed by atoms with Gasteiger partial charge in [-0.3, -0.25) is 9.89 Å². The van der Waals surface area contributed by atoms with Gasteiger partial charge in [-0.25, -0.2) is 14.4 Å². The molecular formula is C26H27FN6O. The Bertz CT molecular complexity index is 1430. The number of nitrogens with zero attached hydrogens (tertiary/aromatic N) is 5. The van der Waals surface area contributed by atoms with Crippen molar-refractivity contribution in [3.8, 4) is 11.1 Å². The summed E-state index contributed by atoms with van der Waals surface area (Å²) in [5.74, 6) is 0.237. The van der Waals surface area contributed by atoms with Crippen LogP contribution < -0.4 is 4.90 Å². The van der Waals surface area contributed by atoms with Crippen molar-refractivity contribution in [2.24, 2.45) is 0 Å². The molecule has 1 fully saturated rings. The highest BCUT2D eigenvalue weighted by Gasteiger charge is 2.33. The van der Waals surface area contributed by atoms with Crippen molar-refractivity contribution < 1.29 is 9.18 Å². The quantitative estimate of drug-likeness (QED) is 0.456. The van der Waals surface area contributed by atoms with Gasteiger partial charge in [0.2, 0.25) is 5.91 Å². The Hall–Kier alpha value is -3.81. The van der Waals surface area contributed by atoms with E-state index in [2.05, 4.69) is 31.6 Å². The fraction of sp³-hybridized carbons (Fsp3) is 0.308. The number of carbonyl (C=O) groups excluding carboxylic acids is 1. The molecule has 7 nitrogen and oxygen atoms in total. The van der Waals surface area contributed by atoms with E-state index < -0.39 is 0 Å². The molecule has 0 spiro atoms. The van der Waals surface area contributed by atoms with Crippen molar-refractivity contribution in [3.63, 3.8) is 0 Å². The molecule has 3 heterocycles. The van der Waals surface area contributed by atoms with Gasteiger partial charge in [0.25, 0.3) is 0 Å². The number of halogens is 1. The van der Waals surface area contributed by atoms with Crippen LogP contribution in [0.4, 0.5) is 10.2 Å². The number of piperazine rings is 1. The summed E-state index contributed by atoms with van der Waals surface area (Å²) < 4.78 is 16.1. The van der Waals surface area contributed by atoms with Crippen LogP contribution in [0, 0.1) is 19.7 Å². The number of aromatic amines is 1. The molecular weight excluding hydrogens is 431 g/mol. The number of hydrogen-bond donors (Lipinski definition) is 1. The van der Waals surface area contributed by atoms with Crippen LogP contribution in [0.5, 0.6) is 0 Å². The number of aryl methyl sites for hydroxylation is 2. The van der Waals surface area contributed by atoms with Crippen molar-refractivity contribution in [2.45, 2.75) is 39.8 Å². The van der Waals surface area contributed by atoms with E-state index >= 15 is 4.39 Å². The first-order valence-electron chi connectivity index (χ1n) is 11.4. The molecule has 2 aromatic carbocycles. The van der Waals surface area contributed by atoms with Gasteiger partial charge >= 0.3 is 0 Å². The van der Waals surface area contributed by atoms with Crippen LogP contribution >= 0.6 is 0 Å². The van der Waals surface area contributed by atoms with Gasteiger partial charge in [0.05, 0.1) is 11.7 Å². The van der Waals surface area contributed by atoms with Crippen LogP contribution in [-0.4, -0.2) is 56.1 Å². The largest absolute Gasteiger partial charge is 0.352 e. The molecule has 1 aliphatic heterocycles. The first-order valence-corrected chi connectivity index (χ1v) is 11.4. The fourth-order valence-electron chi connectivity index (χ4n) is 5.33. The molecule has 1 aliphatic rings. The average molecular weight is 459 g/mol. The van der Waals surface area contributed by atoms with E-state index in [9.17, 15) is 4.79 Å². The third kappa shape index (κ3) is 3.32. The second-order valence-corrected chi connectivity index (χ2v) is 9.12. The molecule has 4 aromatic rings. The third-order valence-electron chi connectivity index (χ3n) is 6.78. The highest BCUT2D eigenvalue weighted by Crippen LogP contribution is 2.39. The lowest BCUT2D eigenvalue weighted by Crippen LogP contribution is -2.58. The number of anilines is 1. The van der Waals surface area contributed by atoms with Crippen LogP contribution in [0.1, 0.15) is 25.0 Å². The molecule has 34 heavy (non-hydrogen) atoms. The van der Waals surface area contributed by atoms with Crippen molar-refractivity contribution in [3.05, 3.63) is 60.3 Å². The fourth-order valence-corrected chi connectivity index (χ4v) is 5.33. The summed E-state index contributed by atoms with van der Waals surface area (Å²) in [5, 5.41) is 8.66. The molecule has 2 atom stereocenters. The zero-order valence-electron chi connectivity index (χ0n) is 19.8. The van der Waals surface area contributed by atoms with Gasteiger partial charge in [0, 0.05) is 41.5 Å². The Labute approximate surface area is 197 Å². The third-order valence-corrected chi connectivity index (χ3v) is 6.78. The van der Waals surface area contributed by atoms with Crippen molar-refractivity contribution in [1.82, 2.24) is 25.1 Å². The van der Waals surface area contributed by atoms with E-state index in [1.54, 1.807) is 6.20 Å². The maximum Gasteiger partial charge on any atom is 0.246 e. The number of carbonyl (C=O) groups is 1. The number of hydrogen-bond acceptors (Lipinski definition) is 5. The van der Waals surface area contributed by atoms with E-state index in [0.717, 1.165) is 27.6 Å². The second kappa shape index (κ2) is 8.20. The van der Waals surface area contributed by atoms with Crippen molar-refractivity contribution >= 4 is 33.5 Å². The Kier molecular flexibility index (Phi) is 5.31. The topological polar surface area (TPSA) is 78.0 Å². The van der Waals surface area contributed by atoms with Gasteiger partial charge in [-0.15, -0.1) is 0 Å². The summed E-state index contributed by atoms with van der Waals surface area (Å²) in [4.78, 5) is 25.2. The molecule has 1 amide bonds. The highest BCUT2D eigenvalue weighted by atomic mass is 19.1. The molecule has 174 valence electrons. The van der Waals surface area contributed by atoms with Crippen LogP contribution in [0.2, 0.25) is 0 Å². The molecule has 1 saturated heterocycles. The van der Waals surface area contributed by atoms with Crippen LogP contribution in [-0.2, 0) is 4.79 Å². The standard InChI is InChI=1S/C26H27FN6O/c1-6-21(34)33-16(4)11-32(12-17(33)5)26-18-9-15(3)23(24(27)25(18)28-13-29-26)22-14(2)7-8-20-19(22)10-30-31-20/h6-10,13,16-17H,1,11-12H2,2-5H3,(H,30,31)/t16-,17+. The molecule has 8 heteroatoms. The van der Waals surface area contributed by atoms with Gasteiger partial charge in [-0.2, -0.15) is 5.10 Å². The van der Waals surface area contributed by atoms with Crippen LogP contribution in [0.3, 0.4) is 0 Å². The second-order valence-electron chi connectivity index (χ2n) is 9.12. The molecule has 0 aliphatic carbocycles. The van der Waals surface area contributed by atoms with E-state index in [0.29, 0.717) is 29.9 Å². The number of amides is 1. The van der Waals surface area contributed by atoms with E-state index in [1.165, 1.54) is 12.4 Å². The summed E-state index contributed by atoms with van der Waals surface area (Å²) in [6.45, 7) is 12.7. The van der Waals surface area contributed by atoms with Gasteiger partial charge in [0.15, 0.2) is 5.82 Å². The first kappa shape index (κ1) is 22.0. The lowest BCUT2D eigenvalue weighted by molar-refractivity contribution is -0.130. The predicted octanol–water partition coefficient (Wildman–Crippen LogP) is 4.54. The first-order chi connectivity index (χ1) is 16.3. The van der Waals surface area contributed by atoms with Gasteiger partial charge < -0.3 is 9.80 Å². The number of benzene rings is 2. The SMILES string of the molecule is C=CC(=O)N1[C@H](C)CN(c2ncnc3c(F)c(-c4c(C)ccc5[nH]ncc45)c(C)cc23)C[C@@H]1C. The Balaban J connectivity index is 1.64. The van der Waals surface area contributed by atoms with E-state index in [4.69, 9.17) is 0 Å². The molecule has 2 aromatic heterocycles. The lowest BCUT2D eigenvalue weighted by Gasteiger charge is -2.44. The van der Waals surface area contributed by atoms with Crippen molar-refractivity contribution in [2.75, 3.05) is 18.0 Å². The highest BCUT2D eigenvalue weighted by molar-refractivity contribution is 6.01. The molecule has 0 saturated carbocycles. The average Bonchev–Trinajstić information content (AvgIpc) is 3.28. The number of fused-ring (bicyclic) bond motifs is 2. The number of H-pyrrole nitrogens is 1. The minimum atomic E-state index is -0.364. The number of rotatable bonds is 3. The molecule has 0 bridgehead atoms. The Morgan fingerprint density at radius 2 is 1.85 bits per heavy atom. The van der Waals surface area contributed by atoms with Crippen molar-refractivity contribution in [1.29, 1.82) is 0 Å². The maximum absolute atomic E-state index is 16.1. The van der Waals surface area contributed by atoms with Crippen LogP contribution in [0.15, 0.2) is 43.4 Å². The lowest BCUT2D eigenvalue weighted by atomic mass is 9.92. The zero-order valence-corrected chi connectivity index (χ0v) is 19.8. The minimum Gasteiger partial charge on any atom is -0.352 e. The summed E-state index contributed by atoms with van der Waals surface area (Å²) in [7, 11) is 0. The summed E-state index contributed by atoms with van der Waals surface area (Å²) in [5.41, 5.74) is 4.27. The van der Waals surface area contributed by atoms with Gasteiger partial charge in [-0.05, 0) is 62.6 Å². The number of nitrogens with one attached hydrogen (secondary N) is 1. The molecule has 0 unspecified atom stereocenters. The Morgan fingerprint density at radius 3 is 2.56 bits per heavy atom. The summed E-state index contributed by atoms with van der Waals surface area (Å²) >= 11 is 0. The molecule has 1 N–H and O–H groups in total. The Morgan fingerprint density at radius 1 is 1.12 bits per heavy atom. The number of aromatic nitrogens is 4. The van der Waals surface area contributed by atoms with Gasteiger partial charge in [-0.1, -0.05) is 12.6 Å². The zero-order chi connectivity index (χ0) is 24.1. The van der Waals surface area contributed by atoms with Gasteiger partial charge in [0.1, 0.15) is 17.7 Å². The molecule has 0 radical (unpaired) electrons.